The van der Waals surface area contributed by atoms with E-state index in [-0.39, 0.29) is 0 Å². The number of aryl methyl sites for hydroxylation is 2. The number of methoxy groups -OCH3 is 2. The van der Waals surface area contributed by atoms with Gasteiger partial charge in [-0.1, -0.05) is 0 Å². The Hall–Kier alpha value is -3.09. The molecule has 3 heteroatoms. The summed E-state index contributed by atoms with van der Waals surface area (Å²) >= 11 is 0. The Labute approximate surface area is 243 Å². The van der Waals surface area contributed by atoms with Crippen LogP contribution in [0.4, 0.5) is 0 Å². The molecule has 0 saturated heterocycles. The van der Waals surface area contributed by atoms with Gasteiger partial charge in [0.25, 0.3) is 0 Å². The number of unbranched alkanes of at least 4 members (excludes halogenated alkanes) is 7. The van der Waals surface area contributed by atoms with Crippen LogP contribution in [0.1, 0.15) is 62.5 Å². The van der Waals surface area contributed by atoms with Crippen molar-refractivity contribution in [3.63, 3.8) is 0 Å². The Bertz CT molecular complexity index is 1180. The van der Waals surface area contributed by atoms with E-state index in [1.54, 1.807) is 14.2 Å². The van der Waals surface area contributed by atoms with Gasteiger partial charge in [0, 0.05) is 0 Å². The third-order valence-corrected chi connectivity index (χ3v) is 13.5. The summed E-state index contributed by atoms with van der Waals surface area (Å²) < 4.78 is 10.9. The Kier molecular flexibility index (Phi) is 11.7. The van der Waals surface area contributed by atoms with Gasteiger partial charge < -0.3 is 9.47 Å². The second kappa shape index (κ2) is 15.6. The molecule has 4 aromatic rings. The van der Waals surface area contributed by atoms with E-state index in [4.69, 9.17) is 9.47 Å². The van der Waals surface area contributed by atoms with E-state index >= 15 is 0 Å². The second-order valence-electron chi connectivity index (χ2n) is 11.0. The summed E-state index contributed by atoms with van der Waals surface area (Å²) in [5.41, 5.74) is 2.67. The predicted octanol–water partition coefficient (Wildman–Crippen LogP) is 8.40. The molecular weight excluding hydrogens is 507 g/mol. The molecule has 0 aliphatic heterocycles. The van der Waals surface area contributed by atoms with E-state index in [2.05, 4.69) is 110 Å². The van der Waals surface area contributed by atoms with E-state index in [0.717, 1.165) is 17.9 Å². The molecule has 0 radical (unpaired) electrons. The third-order valence-electron chi connectivity index (χ3n) is 8.39. The molecule has 0 fully saturated rings. The number of hydrogen-bond donors (Lipinski definition) is 0. The van der Waals surface area contributed by atoms with Crippen LogP contribution in [0, 0.1) is 6.92 Å². The molecule has 0 N–H and O–H groups in total. The molecule has 212 valence electrons. The van der Waals surface area contributed by atoms with E-state index in [1.165, 1.54) is 84.6 Å². The maximum atomic E-state index is 5.50. The fourth-order valence-electron chi connectivity index (χ4n) is 6.16. The summed E-state index contributed by atoms with van der Waals surface area (Å²) in [6, 6.07) is 38.2. The Morgan fingerprint density at radius 2 is 0.900 bits per heavy atom. The Morgan fingerprint density at radius 1 is 0.500 bits per heavy atom. The summed E-state index contributed by atoms with van der Waals surface area (Å²) in [4.78, 5) is 0. The molecule has 0 spiro atoms. The van der Waals surface area contributed by atoms with Crippen molar-refractivity contribution in [2.24, 2.45) is 0 Å². The summed E-state index contributed by atoms with van der Waals surface area (Å²) in [7, 11) is 1.34. The Morgan fingerprint density at radius 3 is 1.35 bits per heavy atom. The molecule has 0 aliphatic carbocycles. The first-order valence-corrected chi connectivity index (χ1v) is 17.3. The van der Waals surface area contributed by atoms with Crippen LogP contribution in [0.15, 0.2) is 103 Å². The maximum absolute atomic E-state index is 5.50. The van der Waals surface area contributed by atoms with Gasteiger partial charge in [-0.2, -0.15) is 0 Å². The van der Waals surface area contributed by atoms with Gasteiger partial charge >= 0.3 is 195 Å². The van der Waals surface area contributed by atoms with Gasteiger partial charge in [-0.05, 0) is 13.0 Å². The molecule has 0 aromatic heterocycles. The second-order valence-corrected chi connectivity index (χ2v) is 15.0. The fourth-order valence-corrected chi connectivity index (χ4v) is 11.1. The zero-order valence-corrected chi connectivity index (χ0v) is 25.7. The minimum Gasteiger partial charge on any atom is -0.493 e. The zero-order valence-electron chi connectivity index (χ0n) is 24.7. The molecule has 0 amide bonds. The van der Waals surface area contributed by atoms with Gasteiger partial charge in [0.1, 0.15) is 0 Å². The normalized spacial score (nSPS) is 11.8. The molecule has 4 aromatic carbocycles. The number of rotatable bonds is 16. The van der Waals surface area contributed by atoms with Crippen LogP contribution in [0.5, 0.6) is 11.5 Å². The molecule has 0 heterocycles. The summed E-state index contributed by atoms with van der Waals surface area (Å²) in [5, 5.41) is 4.58. The molecule has 0 unspecified atom stereocenters. The van der Waals surface area contributed by atoms with Crippen molar-refractivity contribution < 1.29 is 9.47 Å². The van der Waals surface area contributed by atoms with Gasteiger partial charge in [0.15, 0.2) is 11.5 Å². The van der Waals surface area contributed by atoms with Gasteiger partial charge in [-0.15, -0.1) is 0 Å². The average Bonchev–Trinajstić information content (AvgIpc) is 3.02. The first-order chi connectivity index (χ1) is 19.7. The minimum atomic E-state index is -2.08. The van der Waals surface area contributed by atoms with Crippen LogP contribution in [0.25, 0.3) is 0 Å². The van der Waals surface area contributed by atoms with Crippen molar-refractivity contribution in [1.82, 2.24) is 0 Å². The average molecular weight is 555 g/mol. The molecule has 0 atom stereocenters. The SMILES string of the molecule is COc1cc(C)c(CCCCCCCCCC[PH](c2ccccc2)(c2ccccc2)c2ccccc2)cc1OC. The van der Waals surface area contributed by atoms with Crippen molar-refractivity contribution in [1.29, 1.82) is 0 Å². The number of ether oxygens (including phenoxy) is 2. The zero-order chi connectivity index (χ0) is 28.0. The van der Waals surface area contributed by atoms with E-state index in [0.29, 0.717) is 0 Å². The van der Waals surface area contributed by atoms with Crippen LogP contribution in [-0.2, 0) is 6.42 Å². The quantitative estimate of drug-likeness (QED) is 0.102. The molecular formula is C37H47O2P. The predicted molar refractivity (Wildman–Crippen MR) is 176 cm³/mol. The van der Waals surface area contributed by atoms with Crippen molar-refractivity contribution in [2.45, 2.75) is 64.7 Å². The van der Waals surface area contributed by atoms with Crippen LogP contribution in [0.3, 0.4) is 0 Å². The van der Waals surface area contributed by atoms with Crippen molar-refractivity contribution in [3.05, 3.63) is 114 Å². The summed E-state index contributed by atoms with van der Waals surface area (Å²) in [6.07, 6.45) is 12.8. The molecule has 2 nitrogen and oxygen atoms in total. The minimum absolute atomic E-state index is 0.819. The number of benzene rings is 4. The van der Waals surface area contributed by atoms with E-state index in [9.17, 15) is 0 Å². The van der Waals surface area contributed by atoms with Gasteiger partial charge in [0.05, 0.1) is 14.2 Å². The third kappa shape index (κ3) is 7.55. The first kappa shape index (κ1) is 29.9. The smallest absolute Gasteiger partial charge is 0.493 e. The summed E-state index contributed by atoms with van der Waals surface area (Å²) in [5.74, 6) is 1.65. The molecule has 0 bridgehead atoms. The summed E-state index contributed by atoms with van der Waals surface area (Å²) in [6.45, 7) is 2.17. The van der Waals surface area contributed by atoms with E-state index in [1.807, 2.05) is 0 Å². The van der Waals surface area contributed by atoms with Gasteiger partial charge in [-0.3, -0.25) is 0 Å². The monoisotopic (exact) mass is 554 g/mol. The van der Waals surface area contributed by atoms with Crippen LogP contribution in [0.2, 0.25) is 0 Å². The van der Waals surface area contributed by atoms with Crippen LogP contribution < -0.4 is 25.4 Å². The Balaban J connectivity index is 1.27. The first-order valence-electron chi connectivity index (χ1n) is 15.1. The van der Waals surface area contributed by atoms with Gasteiger partial charge in [0.2, 0.25) is 0 Å². The van der Waals surface area contributed by atoms with Crippen molar-refractivity contribution in [3.8, 4) is 11.5 Å². The standard InChI is InChI=1S/C37H47O2P/c1-31-29-36(38-2)37(39-3)30-32(31)21-13-8-6-4-5-7-9-20-28-40(33-22-14-10-15-23-33,34-24-16-11-17-25-34)35-26-18-12-19-27-35/h10-12,14-19,22-27,29-30,40H,4-9,13,20-21,28H2,1-3H3. The molecule has 40 heavy (non-hydrogen) atoms. The fraction of sp³-hybridized carbons (Fsp3) is 0.351. The van der Waals surface area contributed by atoms with E-state index < -0.39 is 7.26 Å². The van der Waals surface area contributed by atoms with Crippen LogP contribution in [-0.4, -0.2) is 20.4 Å². The number of hydrogen-bond acceptors (Lipinski definition) is 2. The van der Waals surface area contributed by atoms with Gasteiger partial charge in [-0.25, -0.2) is 0 Å². The topological polar surface area (TPSA) is 18.5 Å². The van der Waals surface area contributed by atoms with Crippen molar-refractivity contribution in [2.75, 3.05) is 20.4 Å². The van der Waals surface area contributed by atoms with Crippen LogP contribution >= 0.6 is 7.26 Å². The molecule has 0 aliphatic rings. The molecule has 0 saturated carbocycles. The molecule has 4 rings (SSSR count). The van der Waals surface area contributed by atoms with Crippen molar-refractivity contribution >= 4 is 23.2 Å².